The predicted octanol–water partition coefficient (Wildman–Crippen LogP) is 4.08. The van der Waals surface area contributed by atoms with Crippen LogP contribution in [0.1, 0.15) is 25.8 Å². The van der Waals surface area contributed by atoms with Crippen molar-refractivity contribution in [3.05, 3.63) is 27.7 Å². The van der Waals surface area contributed by atoms with Gasteiger partial charge in [0.05, 0.1) is 16.1 Å². The first-order chi connectivity index (χ1) is 10.3. The number of hydrogen-bond acceptors (Lipinski definition) is 4. The van der Waals surface area contributed by atoms with E-state index in [1.54, 1.807) is 23.9 Å². The molecule has 0 bridgehead atoms. The van der Waals surface area contributed by atoms with Crippen molar-refractivity contribution in [2.24, 2.45) is 0 Å². The molecular formula is C15H21Cl2NO3S. The largest absolute Gasteiger partial charge is 0.488 e. The minimum absolute atomic E-state index is 0.0260. The van der Waals surface area contributed by atoms with E-state index in [0.29, 0.717) is 28.8 Å². The number of nitrogens with one attached hydrogen (secondary N) is 1. The third kappa shape index (κ3) is 6.24. The number of ether oxygens (including phenoxy) is 1. The number of hydrogen-bond donors (Lipinski definition) is 2. The molecule has 0 aliphatic rings. The van der Waals surface area contributed by atoms with Gasteiger partial charge in [-0.05, 0) is 50.0 Å². The summed E-state index contributed by atoms with van der Waals surface area (Å²) in [5.74, 6) is 0.386. The van der Waals surface area contributed by atoms with Crippen molar-refractivity contribution in [2.45, 2.75) is 39.0 Å². The van der Waals surface area contributed by atoms with Crippen LogP contribution in [0.15, 0.2) is 12.1 Å². The van der Waals surface area contributed by atoms with Crippen LogP contribution >= 0.6 is 35.0 Å². The van der Waals surface area contributed by atoms with Crippen molar-refractivity contribution >= 4 is 40.9 Å². The normalized spacial score (nSPS) is 12.5. The molecule has 7 heteroatoms. The van der Waals surface area contributed by atoms with Crippen LogP contribution in [0.25, 0.3) is 0 Å². The van der Waals surface area contributed by atoms with Gasteiger partial charge < -0.3 is 15.2 Å². The van der Waals surface area contributed by atoms with Gasteiger partial charge in [-0.25, -0.2) is 0 Å². The Hall–Kier alpha value is -0.620. The molecule has 0 heterocycles. The summed E-state index contributed by atoms with van der Waals surface area (Å²) in [7, 11) is 0. The molecule has 0 amide bonds. The number of carboxylic acid groups (broad SMARTS) is 1. The van der Waals surface area contributed by atoms with Crippen molar-refractivity contribution in [3.8, 4) is 5.75 Å². The lowest BCUT2D eigenvalue weighted by Crippen LogP contribution is -2.36. The maximum Gasteiger partial charge on any atom is 0.320 e. The van der Waals surface area contributed by atoms with Gasteiger partial charge in [0.25, 0.3) is 0 Å². The average molecular weight is 366 g/mol. The zero-order chi connectivity index (χ0) is 16.7. The van der Waals surface area contributed by atoms with Crippen LogP contribution in [0.4, 0.5) is 0 Å². The first-order valence-electron chi connectivity index (χ1n) is 6.94. The Morgan fingerprint density at radius 1 is 1.36 bits per heavy atom. The molecule has 124 valence electrons. The summed E-state index contributed by atoms with van der Waals surface area (Å²) in [6.45, 7) is 4.17. The third-order valence-corrected chi connectivity index (χ3v) is 4.08. The Labute approximate surface area is 145 Å². The standard InChI is InChI=1S/C15H21Cl2NO3S/c1-9(2)21-14-11(16)6-10(7-12(14)17)8-18-13(15(19)20)4-5-22-3/h6-7,9,13,18H,4-5,8H2,1-3H3,(H,19,20). The number of aliphatic carboxylic acids is 1. The molecule has 0 saturated carbocycles. The monoisotopic (exact) mass is 365 g/mol. The van der Waals surface area contributed by atoms with Crippen LogP contribution in [0.3, 0.4) is 0 Å². The molecule has 2 N–H and O–H groups in total. The van der Waals surface area contributed by atoms with Gasteiger partial charge >= 0.3 is 5.97 Å². The first-order valence-corrected chi connectivity index (χ1v) is 9.09. The topological polar surface area (TPSA) is 58.6 Å². The third-order valence-electron chi connectivity index (χ3n) is 2.87. The van der Waals surface area contributed by atoms with Crippen LogP contribution in [0.5, 0.6) is 5.75 Å². The molecule has 0 radical (unpaired) electrons. The van der Waals surface area contributed by atoms with Crippen LogP contribution in [-0.4, -0.2) is 35.2 Å². The molecule has 0 saturated heterocycles. The average Bonchev–Trinajstić information content (AvgIpc) is 2.42. The zero-order valence-electron chi connectivity index (χ0n) is 12.9. The number of rotatable bonds is 9. The van der Waals surface area contributed by atoms with Gasteiger partial charge in [-0.2, -0.15) is 11.8 Å². The van der Waals surface area contributed by atoms with Gasteiger partial charge in [0.2, 0.25) is 0 Å². The van der Waals surface area contributed by atoms with E-state index >= 15 is 0 Å². The quantitative estimate of drug-likeness (QED) is 0.690. The van der Waals surface area contributed by atoms with Gasteiger partial charge in [0.1, 0.15) is 6.04 Å². The maximum atomic E-state index is 11.2. The Balaban J connectivity index is 2.75. The zero-order valence-corrected chi connectivity index (χ0v) is 15.2. The van der Waals surface area contributed by atoms with E-state index in [1.807, 2.05) is 20.1 Å². The molecule has 1 aromatic carbocycles. The second-order valence-electron chi connectivity index (χ2n) is 5.11. The molecule has 1 aromatic rings. The highest BCUT2D eigenvalue weighted by molar-refractivity contribution is 7.98. The molecule has 1 atom stereocenters. The van der Waals surface area contributed by atoms with E-state index < -0.39 is 12.0 Å². The van der Waals surface area contributed by atoms with Crippen LogP contribution in [0.2, 0.25) is 10.0 Å². The smallest absolute Gasteiger partial charge is 0.320 e. The molecule has 0 aliphatic heterocycles. The fourth-order valence-electron chi connectivity index (χ4n) is 1.85. The number of carbonyl (C=O) groups is 1. The van der Waals surface area contributed by atoms with Gasteiger partial charge in [0, 0.05) is 6.54 Å². The van der Waals surface area contributed by atoms with E-state index in [-0.39, 0.29) is 6.10 Å². The predicted molar refractivity (Wildman–Crippen MR) is 93.5 cm³/mol. The molecule has 0 aromatic heterocycles. The van der Waals surface area contributed by atoms with E-state index in [9.17, 15) is 9.90 Å². The SMILES string of the molecule is CSCCC(NCc1cc(Cl)c(OC(C)C)c(Cl)c1)C(=O)O. The van der Waals surface area contributed by atoms with Gasteiger partial charge in [-0.3, -0.25) is 4.79 Å². The second-order valence-corrected chi connectivity index (χ2v) is 6.91. The Kier molecular flexibility index (Phi) is 8.39. The lowest BCUT2D eigenvalue weighted by atomic mass is 10.1. The Morgan fingerprint density at radius 3 is 2.41 bits per heavy atom. The molecule has 0 spiro atoms. The highest BCUT2D eigenvalue weighted by Crippen LogP contribution is 2.34. The summed E-state index contributed by atoms with van der Waals surface area (Å²) in [4.78, 5) is 11.2. The molecule has 0 fully saturated rings. The minimum Gasteiger partial charge on any atom is -0.488 e. The highest BCUT2D eigenvalue weighted by Gasteiger charge is 2.17. The highest BCUT2D eigenvalue weighted by atomic mass is 35.5. The Bertz CT molecular complexity index is 489. The van der Waals surface area contributed by atoms with Crippen molar-refractivity contribution in [1.82, 2.24) is 5.32 Å². The summed E-state index contributed by atoms with van der Waals surface area (Å²) in [5.41, 5.74) is 0.821. The van der Waals surface area contributed by atoms with E-state index in [0.717, 1.165) is 11.3 Å². The van der Waals surface area contributed by atoms with Crippen molar-refractivity contribution in [1.29, 1.82) is 0 Å². The van der Waals surface area contributed by atoms with Gasteiger partial charge in [0.15, 0.2) is 5.75 Å². The molecule has 1 rings (SSSR count). The second kappa shape index (κ2) is 9.50. The summed E-state index contributed by atoms with van der Waals surface area (Å²) in [6.07, 6.45) is 2.49. The molecule has 22 heavy (non-hydrogen) atoms. The number of halogens is 2. The molecule has 0 aliphatic carbocycles. The lowest BCUT2D eigenvalue weighted by molar-refractivity contribution is -0.139. The van der Waals surface area contributed by atoms with Crippen molar-refractivity contribution in [3.63, 3.8) is 0 Å². The lowest BCUT2D eigenvalue weighted by Gasteiger charge is -2.16. The van der Waals surface area contributed by atoms with E-state index in [4.69, 9.17) is 27.9 Å². The molecule has 4 nitrogen and oxygen atoms in total. The summed E-state index contributed by atoms with van der Waals surface area (Å²) < 4.78 is 5.57. The summed E-state index contributed by atoms with van der Waals surface area (Å²) in [5, 5.41) is 13.1. The van der Waals surface area contributed by atoms with Crippen LogP contribution in [-0.2, 0) is 11.3 Å². The van der Waals surface area contributed by atoms with Gasteiger partial charge in [-0.1, -0.05) is 23.2 Å². The van der Waals surface area contributed by atoms with E-state index in [1.165, 1.54) is 0 Å². The Morgan fingerprint density at radius 2 is 1.95 bits per heavy atom. The van der Waals surface area contributed by atoms with Crippen molar-refractivity contribution in [2.75, 3.05) is 12.0 Å². The van der Waals surface area contributed by atoms with Crippen LogP contribution < -0.4 is 10.1 Å². The molecule has 1 unspecified atom stereocenters. The first kappa shape index (κ1) is 19.4. The van der Waals surface area contributed by atoms with Crippen LogP contribution in [0, 0.1) is 0 Å². The molecular weight excluding hydrogens is 345 g/mol. The fourth-order valence-corrected chi connectivity index (χ4v) is 2.95. The maximum absolute atomic E-state index is 11.2. The summed E-state index contributed by atoms with van der Waals surface area (Å²) >= 11 is 14.0. The van der Waals surface area contributed by atoms with Gasteiger partial charge in [-0.15, -0.1) is 0 Å². The number of benzene rings is 1. The number of thioether (sulfide) groups is 1. The van der Waals surface area contributed by atoms with Crippen molar-refractivity contribution < 1.29 is 14.6 Å². The summed E-state index contributed by atoms with van der Waals surface area (Å²) in [6, 6.07) is 2.90. The number of carboxylic acids is 1. The minimum atomic E-state index is -0.856. The van der Waals surface area contributed by atoms with E-state index in [2.05, 4.69) is 5.32 Å². The fraction of sp³-hybridized carbons (Fsp3) is 0.533.